The maximum atomic E-state index is 13.2. The molecule has 0 spiro atoms. The summed E-state index contributed by atoms with van der Waals surface area (Å²) in [7, 11) is 0. The number of carbonyl (C=O) groups is 1. The molecule has 28 heavy (non-hydrogen) atoms. The molecule has 1 aromatic heterocycles. The summed E-state index contributed by atoms with van der Waals surface area (Å²) in [6.45, 7) is 0. The summed E-state index contributed by atoms with van der Waals surface area (Å²) in [5, 5.41) is 7.40. The lowest BCUT2D eigenvalue weighted by Crippen LogP contribution is -2.34. The van der Waals surface area contributed by atoms with Crippen molar-refractivity contribution in [3.8, 4) is 10.6 Å². The second-order valence-electron chi connectivity index (χ2n) is 6.50. The topological polar surface area (TPSA) is 54.0 Å². The number of aromatic nitrogens is 1. The minimum atomic E-state index is -0.269. The van der Waals surface area contributed by atoms with Gasteiger partial charge in [-0.3, -0.25) is 0 Å². The maximum absolute atomic E-state index is 13.2. The largest absolute Gasteiger partial charge is 0.329 e. The predicted octanol–water partition coefficient (Wildman–Crippen LogP) is 6.41. The van der Waals surface area contributed by atoms with E-state index in [-0.39, 0.29) is 17.9 Å². The van der Waals surface area contributed by atoms with Gasteiger partial charge in [-0.1, -0.05) is 11.6 Å². The second-order valence-corrected chi connectivity index (χ2v) is 9.18. The molecular weight excluding hydrogens is 512 g/mol. The minimum absolute atomic E-state index is 0.140. The fourth-order valence-corrected chi connectivity index (χ4v) is 5.36. The van der Waals surface area contributed by atoms with Crippen molar-refractivity contribution in [3.05, 3.63) is 67.4 Å². The number of anilines is 1. The molecule has 1 aliphatic rings. The summed E-state index contributed by atoms with van der Waals surface area (Å²) < 4.78 is 14.1. The highest BCUT2D eigenvalue weighted by Crippen LogP contribution is 2.37. The smallest absolute Gasteiger partial charge is 0.319 e. The Morgan fingerprint density at radius 1 is 1.25 bits per heavy atom. The molecule has 3 aromatic rings. The van der Waals surface area contributed by atoms with Crippen LogP contribution in [0.3, 0.4) is 0 Å². The van der Waals surface area contributed by atoms with E-state index in [0.29, 0.717) is 10.7 Å². The van der Waals surface area contributed by atoms with Crippen molar-refractivity contribution in [1.82, 2.24) is 10.3 Å². The van der Waals surface area contributed by atoms with Gasteiger partial charge in [0.2, 0.25) is 0 Å². The van der Waals surface area contributed by atoms with Crippen LogP contribution in [-0.2, 0) is 6.42 Å². The molecule has 0 bridgehead atoms. The van der Waals surface area contributed by atoms with Gasteiger partial charge in [-0.2, -0.15) is 0 Å². The molecule has 2 N–H and O–H groups in total. The van der Waals surface area contributed by atoms with E-state index in [0.717, 1.165) is 39.1 Å². The second kappa shape index (κ2) is 8.34. The summed E-state index contributed by atoms with van der Waals surface area (Å²) in [6, 6.07) is 11.3. The Labute approximate surface area is 184 Å². The molecule has 1 unspecified atom stereocenters. The zero-order valence-corrected chi connectivity index (χ0v) is 18.4. The van der Waals surface area contributed by atoms with Crippen molar-refractivity contribution < 1.29 is 9.18 Å². The zero-order chi connectivity index (χ0) is 19.7. The molecule has 4 nitrogen and oxygen atoms in total. The molecule has 1 heterocycles. The van der Waals surface area contributed by atoms with E-state index < -0.39 is 0 Å². The van der Waals surface area contributed by atoms with E-state index >= 15 is 0 Å². The van der Waals surface area contributed by atoms with Crippen LogP contribution in [0.15, 0.2) is 42.5 Å². The molecular formula is C20H16ClFIN3OS. The van der Waals surface area contributed by atoms with Crippen molar-refractivity contribution in [2.75, 3.05) is 5.32 Å². The lowest BCUT2D eigenvalue weighted by molar-refractivity contribution is 0.247. The number of benzene rings is 2. The van der Waals surface area contributed by atoms with Crippen LogP contribution >= 0.6 is 45.5 Å². The summed E-state index contributed by atoms with van der Waals surface area (Å²) in [5.41, 5.74) is 2.51. The predicted molar refractivity (Wildman–Crippen MR) is 120 cm³/mol. The van der Waals surface area contributed by atoms with Crippen LogP contribution in [0, 0.1) is 9.39 Å². The van der Waals surface area contributed by atoms with Crippen LogP contribution in [-0.4, -0.2) is 11.0 Å². The Balaban J connectivity index is 1.51. The highest BCUT2D eigenvalue weighted by Gasteiger charge is 2.26. The summed E-state index contributed by atoms with van der Waals surface area (Å²) in [5.74, 6) is -0.266. The highest BCUT2D eigenvalue weighted by atomic mass is 127. The van der Waals surface area contributed by atoms with Gasteiger partial charge < -0.3 is 10.6 Å². The number of hydrogen-bond donors (Lipinski definition) is 2. The van der Waals surface area contributed by atoms with Gasteiger partial charge in [0.05, 0.1) is 17.4 Å². The van der Waals surface area contributed by atoms with Gasteiger partial charge in [-0.05, 0) is 84.3 Å². The third kappa shape index (κ3) is 4.31. The quantitative estimate of drug-likeness (QED) is 0.387. The minimum Gasteiger partial charge on any atom is -0.329 e. The first kappa shape index (κ1) is 19.6. The van der Waals surface area contributed by atoms with Gasteiger partial charge in [0.1, 0.15) is 10.8 Å². The van der Waals surface area contributed by atoms with Crippen LogP contribution in [0.2, 0.25) is 5.02 Å². The van der Waals surface area contributed by atoms with Crippen LogP contribution in [0.25, 0.3) is 10.6 Å². The van der Waals surface area contributed by atoms with Gasteiger partial charge in [-0.15, -0.1) is 11.3 Å². The SMILES string of the molecule is O=C(Nc1ccc(Cl)cc1I)NC1CCCc2sc(-c3ccc(F)cc3)nc21. The van der Waals surface area contributed by atoms with Crippen LogP contribution < -0.4 is 10.6 Å². The fraction of sp³-hybridized carbons (Fsp3) is 0.200. The molecule has 0 aliphatic heterocycles. The van der Waals surface area contributed by atoms with E-state index in [1.54, 1.807) is 41.7 Å². The van der Waals surface area contributed by atoms with Gasteiger partial charge in [-0.25, -0.2) is 14.2 Å². The first-order chi connectivity index (χ1) is 13.5. The number of nitrogens with one attached hydrogen (secondary N) is 2. The molecule has 0 radical (unpaired) electrons. The van der Waals surface area contributed by atoms with Crippen molar-refractivity contribution in [2.45, 2.75) is 25.3 Å². The lowest BCUT2D eigenvalue weighted by Gasteiger charge is -2.22. The Morgan fingerprint density at radius 3 is 2.79 bits per heavy atom. The lowest BCUT2D eigenvalue weighted by atomic mass is 9.98. The summed E-state index contributed by atoms with van der Waals surface area (Å²) in [4.78, 5) is 18.5. The molecule has 0 saturated carbocycles. The molecule has 2 aromatic carbocycles. The number of rotatable bonds is 3. The first-order valence-corrected chi connectivity index (χ1v) is 11.0. The standard InChI is InChI=1S/C20H16ClFIN3OS/c21-12-6-9-15(14(23)10-12)24-20(27)25-16-2-1-3-17-18(16)26-19(28-17)11-4-7-13(22)8-5-11/h4-10,16H,1-3H2,(H2,24,25,27). The number of carbonyl (C=O) groups excluding carboxylic acids is 1. The maximum Gasteiger partial charge on any atom is 0.319 e. The van der Waals surface area contributed by atoms with Gasteiger partial charge >= 0.3 is 6.03 Å². The van der Waals surface area contributed by atoms with Gasteiger partial charge in [0.25, 0.3) is 0 Å². The number of nitrogens with zero attached hydrogens (tertiary/aromatic N) is 1. The Kier molecular flexibility index (Phi) is 5.84. The van der Waals surface area contributed by atoms with Gasteiger partial charge in [0, 0.05) is 19.0 Å². The van der Waals surface area contributed by atoms with E-state index in [4.69, 9.17) is 16.6 Å². The van der Waals surface area contributed by atoms with Crippen LogP contribution in [0.4, 0.5) is 14.9 Å². The number of fused-ring (bicyclic) bond motifs is 1. The molecule has 4 rings (SSSR count). The molecule has 0 saturated heterocycles. The molecule has 0 fully saturated rings. The van der Waals surface area contributed by atoms with E-state index in [1.807, 2.05) is 0 Å². The number of urea groups is 1. The van der Waals surface area contributed by atoms with Crippen molar-refractivity contribution in [3.63, 3.8) is 0 Å². The molecule has 2 amide bonds. The molecule has 8 heteroatoms. The highest BCUT2D eigenvalue weighted by molar-refractivity contribution is 14.1. The summed E-state index contributed by atoms with van der Waals surface area (Å²) >= 11 is 9.72. The first-order valence-electron chi connectivity index (χ1n) is 8.78. The third-order valence-corrected chi connectivity index (χ3v) is 6.84. The fourth-order valence-electron chi connectivity index (χ4n) is 3.18. The van der Waals surface area contributed by atoms with Crippen molar-refractivity contribution >= 4 is 57.2 Å². The normalized spacial score (nSPS) is 15.8. The number of hydrogen-bond acceptors (Lipinski definition) is 3. The third-order valence-electron chi connectivity index (χ3n) is 4.53. The Morgan fingerprint density at radius 2 is 2.04 bits per heavy atom. The Bertz CT molecular complexity index is 1020. The number of aryl methyl sites for hydroxylation is 1. The van der Waals surface area contributed by atoms with Gasteiger partial charge in [0.15, 0.2) is 0 Å². The van der Waals surface area contributed by atoms with Crippen molar-refractivity contribution in [1.29, 1.82) is 0 Å². The average molecular weight is 528 g/mol. The van der Waals surface area contributed by atoms with Crippen molar-refractivity contribution in [2.24, 2.45) is 0 Å². The number of amides is 2. The monoisotopic (exact) mass is 527 g/mol. The number of halogens is 3. The summed E-state index contributed by atoms with van der Waals surface area (Å²) in [6.07, 6.45) is 2.77. The average Bonchev–Trinajstić information content (AvgIpc) is 3.10. The molecule has 1 atom stereocenters. The van der Waals surface area contributed by atoms with Crippen LogP contribution in [0.5, 0.6) is 0 Å². The van der Waals surface area contributed by atoms with E-state index in [9.17, 15) is 9.18 Å². The molecule has 1 aliphatic carbocycles. The number of thiazole rings is 1. The Hall–Kier alpha value is -1.71. The van der Waals surface area contributed by atoms with Crippen LogP contribution in [0.1, 0.15) is 29.5 Å². The van der Waals surface area contributed by atoms with E-state index in [2.05, 4.69) is 33.2 Å². The zero-order valence-electron chi connectivity index (χ0n) is 14.6. The molecule has 144 valence electrons. The van der Waals surface area contributed by atoms with E-state index in [1.165, 1.54) is 17.0 Å².